The normalized spacial score (nSPS) is 20.8. The average molecular weight is 414 g/mol. The highest BCUT2D eigenvalue weighted by atomic mass is 16.6. The molecule has 0 unspecified atom stereocenters. The number of benzene rings is 1. The van der Waals surface area contributed by atoms with Crippen molar-refractivity contribution in [2.24, 2.45) is 0 Å². The molecular formula is C25H39N3O2. The molecule has 0 atom stereocenters. The second-order valence-corrected chi connectivity index (χ2v) is 10.4. The van der Waals surface area contributed by atoms with Gasteiger partial charge in [-0.1, -0.05) is 12.1 Å². The van der Waals surface area contributed by atoms with Crippen molar-refractivity contribution < 1.29 is 9.53 Å². The number of ether oxygens (including phenoxy) is 1. The van der Waals surface area contributed by atoms with Crippen LogP contribution in [-0.2, 0) is 11.3 Å². The second-order valence-electron chi connectivity index (χ2n) is 10.4. The largest absolute Gasteiger partial charge is 0.444 e. The zero-order valence-corrected chi connectivity index (χ0v) is 19.3. The first kappa shape index (κ1) is 21.5. The molecule has 2 saturated heterocycles. The Labute approximate surface area is 182 Å². The molecule has 2 aliphatic heterocycles. The highest BCUT2D eigenvalue weighted by Crippen LogP contribution is 2.36. The summed E-state index contributed by atoms with van der Waals surface area (Å²) in [5.41, 5.74) is 3.85. The summed E-state index contributed by atoms with van der Waals surface area (Å²) >= 11 is 0. The zero-order valence-electron chi connectivity index (χ0n) is 19.3. The number of amides is 1. The van der Waals surface area contributed by atoms with Crippen LogP contribution in [0.4, 0.5) is 10.5 Å². The van der Waals surface area contributed by atoms with E-state index in [1.807, 2.05) is 25.7 Å². The van der Waals surface area contributed by atoms with Crippen molar-refractivity contribution >= 4 is 11.8 Å². The molecule has 0 bridgehead atoms. The maximum Gasteiger partial charge on any atom is 0.410 e. The van der Waals surface area contributed by atoms with Gasteiger partial charge in [0.1, 0.15) is 5.60 Å². The summed E-state index contributed by atoms with van der Waals surface area (Å²) in [6.45, 7) is 13.0. The van der Waals surface area contributed by atoms with Crippen LogP contribution < -0.4 is 4.90 Å². The van der Waals surface area contributed by atoms with Crippen LogP contribution >= 0.6 is 0 Å². The topological polar surface area (TPSA) is 36.0 Å². The van der Waals surface area contributed by atoms with E-state index in [1.165, 1.54) is 55.6 Å². The first-order chi connectivity index (χ1) is 14.3. The van der Waals surface area contributed by atoms with Crippen molar-refractivity contribution in [3.63, 3.8) is 0 Å². The minimum Gasteiger partial charge on any atom is -0.444 e. The van der Waals surface area contributed by atoms with Gasteiger partial charge in [-0.2, -0.15) is 0 Å². The fourth-order valence-electron chi connectivity index (χ4n) is 4.93. The molecular weight excluding hydrogens is 374 g/mol. The zero-order chi connectivity index (χ0) is 21.3. The third kappa shape index (κ3) is 5.29. The number of carbonyl (C=O) groups excluding carboxylic acids is 1. The van der Waals surface area contributed by atoms with Crippen LogP contribution in [0.25, 0.3) is 0 Å². The first-order valence-corrected chi connectivity index (χ1v) is 11.9. The molecule has 0 aromatic heterocycles. The molecule has 166 valence electrons. The van der Waals surface area contributed by atoms with Crippen molar-refractivity contribution in [3.8, 4) is 0 Å². The highest BCUT2D eigenvalue weighted by molar-refractivity contribution is 5.68. The molecule has 0 radical (unpaired) electrons. The number of piperidine rings is 1. The summed E-state index contributed by atoms with van der Waals surface area (Å²) in [6, 6.07) is 8.29. The monoisotopic (exact) mass is 413 g/mol. The van der Waals surface area contributed by atoms with Crippen LogP contribution in [0.3, 0.4) is 0 Å². The van der Waals surface area contributed by atoms with Crippen LogP contribution in [-0.4, -0.2) is 59.8 Å². The maximum atomic E-state index is 12.4. The van der Waals surface area contributed by atoms with Crippen molar-refractivity contribution in [3.05, 3.63) is 29.3 Å². The van der Waals surface area contributed by atoms with Gasteiger partial charge in [0.25, 0.3) is 0 Å². The SMILES string of the molecule is Cc1ccc(CN(C2CC2)C2CCN(C(=O)OC(C)(C)C)CC2)c(N2CCCC2)c1. The Balaban J connectivity index is 1.42. The van der Waals surface area contributed by atoms with Crippen LogP contribution in [0.5, 0.6) is 0 Å². The quantitative estimate of drug-likeness (QED) is 0.684. The number of rotatable bonds is 5. The molecule has 0 N–H and O–H groups in total. The third-order valence-electron chi connectivity index (χ3n) is 6.64. The van der Waals surface area contributed by atoms with Crippen molar-refractivity contribution in [1.29, 1.82) is 0 Å². The van der Waals surface area contributed by atoms with Gasteiger partial charge in [-0.15, -0.1) is 0 Å². The number of likely N-dealkylation sites (tertiary alicyclic amines) is 1. The molecule has 1 aromatic rings. The Hall–Kier alpha value is -1.75. The predicted molar refractivity (Wildman–Crippen MR) is 122 cm³/mol. The Morgan fingerprint density at radius 3 is 2.27 bits per heavy atom. The smallest absolute Gasteiger partial charge is 0.410 e. The molecule has 1 amide bonds. The van der Waals surface area contributed by atoms with Crippen molar-refractivity contribution in [2.45, 2.75) is 90.4 Å². The van der Waals surface area contributed by atoms with Crippen molar-refractivity contribution in [2.75, 3.05) is 31.1 Å². The van der Waals surface area contributed by atoms with Crippen LogP contribution in [0.2, 0.25) is 0 Å². The molecule has 0 spiro atoms. The Kier molecular flexibility index (Phi) is 6.29. The summed E-state index contributed by atoms with van der Waals surface area (Å²) in [4.78, 5) is 19.7. The van der Waals surface area contributed by atoms with Crippen LogP contribution in [0, 0.1) is 6.92 Å². The van der Waals surface area contributed by atoms with Gasteiger partial charge in [-0.25, -0.2) is 4.79 Å². The van der Waals surface area contributed by atoms with Gasteiger partial charge in [-0.3, -0.25) is 4.90 Å². The highest BCUT2D eigenvalue weighted by Gasteiger charge is 2.37. The minimum absolute atomic E-state index is 0.159. The van der Waals surface area contributed by atoms with E-state index in [9.17, 15) is 4.79 Å². The summed E-state index contributed by atoms with van der Waals surface area (Å²) in [5, 5.41) is 0. The van der Waals surface area contributed by atoms with Crippen molar-refractivity contribution in [1.82, 2.24) is 9.80 Å². The van der Waals surface area contributed by atoms with E-state index >= 15 is 0 Å². The van der Waals surface area contributed by atoms with E-state index < -0.39 is 5.60 Å². The van der Waals surface area contributed by atoms with Gasteiger partial charge in [0.05, 0.1) is 0 Å². The Morgan fingerprint density at radius 2 is 1.67 bits per heavy atom. The van der Waals surface area contributed by atoms with Gasteiger partial charge in [0, 0.05) is 50.5 Å². The van der Waals surface area contributed by atoms with E-state index in [0.29, 0.717) is 6.04 Å². The third-order valence-corrected chi connectivity index (χ3v) is 6.64. The minimum atomic E-state index is -0.425. The molecule has 3 aliphatic rings. The summed E-state index contributed by atoms with van der Waals surface area (Å²) < 4.78 is 5.58. The number of aryl methyl sites for hydroxylation is 1. The lowest BCUT2D eigenvalue weighted by molar-refractivity contribution is 0.0131. The van der Waals surface area contributed by atoms with Crippen LogP contribution in [0.1, 0.15) is 70.4 Å². The lowest BCUT2D eigenvalue weighted by Gasteiger charge is -2.39. The van der Waals surface area contributed by atoms with Crippen LogP contribution in [0.15, 0.2) is 18.2 Å². The van der Waals surface area contributed by atoms with Gasteiger partial charge in [-0.05, 0) is 83.4 Å². The molecule has 5 nitrogen and oxygen atoms in total. The molecule has 1 aliphatic carbocycles. The lowest BCUT2D eigenvalue weighted by Crippen LogP contribution is -2.48. The van der Waals surface area contributed by atoms with Gasteiger partial charge >= 0.3 is 6.09 Å². The van der Waals surface area contributed by atoms with E-state index in [0.717, 1.165) is 38.5 Å². The standard InChI is InChI=1S/C25H39N3O2/c1-19-7-8-20(23(17-19)26-13-5-6-14-26)18-28(21-9-10-21)22-11-15-27(16-12-22)24(29)30-25(2,3)4/h7-8,17,21-22H,5-6,9-16,18H2,1-4H3. The maximum absolute atomic E-state index is 12.4. The molecule has 4 rings (SSSR count). The Bertz CT molecular complexity index is 739. The van der Waals surface area contributed by atoms with E-state index in [-0.39, 0.29) is 6.09 Å². The molecule has 1 aromatic carbocycles. The molecule has 30 heavy (non-hydrogen) atoms. The predicted octanol–water partition coefficient (Wildman–Crippen LogP) is 4.96. The fourth-order valence-corrected chi connectivity index (χ4v) is 4.93. The van der Waals surface area contributed by atoms with E-state index in [4.69, 9.17) is 4.74 Å². The number of carbonyl (C=O) groups is 1. The summed E-state index contributed by atoms with van der Waals surface area (Å²) in [6.07, 6.45) is 7.18. The fraction of sp³-hybridized carbons (Fsp3) is 0.720. The number of hydrogen-bond donors (Lipinski definition) is 0. The summed E-state index contributed by atoms with van der Waals surface area (Å²) in [5.74, 6) is 0. The first-order valence-electron chi connectivity index (χ1n) is 11.9. The second kappa shape index (κ2) is 8.78. The van der Waals surface area contributed by atoms with E-state index in [1.54, 1.807) is 0 Å². The summed E-state index contributed by atoms with van der Waals surface area (Å²) in [7, 11) is 0. The van der Waals surface area contributed by atoms with Gasteiger partial charge in [0.15, 0.2) is 0 Å². The lowest BCUT2D eigenvalue weighted by atomic mass is 10.0. The molecule has 3 fully saturated rings. The number of nitrogens with zero attached hydrogens (tertiary/aromatic N) is 3. The molecule has 1 saturated carbocycles. The molecule has 5 heteroatoms. The van der Waals surface area contributed by atoms with E-state index in [2.05, 4.69) is 34.9 Å². The van der Waals surface area contributed by atoms with Gasteiger partial charge in [0.2, 0.25) is 0 Å². The number of hydrogen-bond acceptors (Lipinski definition) is 4. The number of anilines is 1. The molecule has 2 heterocycles. The Morgan fingerprint density at radius 1 is 1.03 bits per heavy atom. The average Bonchev–Trinajstić information content (AvgIpc) is 3.38. The van der Waals surface area contributed by atoms with Gasteiger partial charge < -0.3 is 14.5 Å².